The maximum absolute atomic E-state index is 11.8. The number of amides is 2. The van der Waals surface area contributed by atoms with E-state index in [0.717, 1.165) is 11.1 Å². The molecule has 0 aromatic heterocycles. The van der Waals surface area contributed by atoms with Gasteiger partial charge in [-0.2, -0.15) is 0 Å². The summed E-state index contributed by atoms with van der Waals surface area (Å²) in [5.41, 5.74) is 12.7. The first-order chi connectivity index (χ1) is 8.40. The van der Waals surface area contributed by atoms with E-state index in [-0.39, 0.29) is 18.4 Å². The number of nitrogens with two attached hydrogens (primary N) is 2. The summed E-state index contributed by atoms with van der Waals surface area (Å²) >= 11 is 0. The molecule has 0 radical (unpaired) electrons. The van der Waals surface area contributed by atoms with E-state index in [0.29, 0.717) is 0 Å². The molecule has 0 fully saturated rings. The number of aryl methyl sites for hydroxylation is 1. The van der Waals surface area contributed by atoms with Gasteiger partial charge in [-0.25, -0.2) is 0 Å². The molecule has 1 aromatic rings. The van der Waals surface area contributed by atoms with Gasteiger partial charge in [0.05, 0.1) is 0 Å². The smallest absolute Gasteiger partial charge is 0.241 e. The summed E-state index contributed by atoms with van der Waals surface area (Å²) in [6.07, 6.45) is 0.104. The summed E-state index contributed by atoms with van der Waals surface area (Å²) in [4.78, 5) is 22.5. The molecule has 0 aliphatic heterocycles. The number of benzene rings is 1. The van der Waals surface area contributed by atoms with Gasteiger partial charge in [0.15, 0.2) is 0 Å². The zero-order valence-corrected chi connectivity index (χ0v) is 10.6. The minimum atomic E-state index is -0.735. The van der Waals surface area contributed by atoms with Gasteiger partial charge in [0.1, 0.15) is 6.04 Å². The molecule has 98 valence electrons. The van der Waals surface area contributed by atoms with Crippen LogP contribution in [0.3, 0.4) is 0 Å². The maximum Gasteiger partial charge on any atom is 0.241 e. The lowest BCUT2D eigenvalue weighted by molar-refractivity contribution is -0.123. The molecule has 0 saturated heterocycles. The third kappa shape index (κ3) is 4.18. The fraction of sp³-hybridized carbons (Fsp3) is 0.385. The van der Waals surface area contributed by atoms with Gasteiger partial charge >= 0.3 is 0 Å². The van der Waals surface area contributed by atoms with Gasteiger partial charge in [0, 0.05) is 12.5 Å². The maximum atomic E-state index is 11.8. The van der Waals surface area contributed by atoms with Crippen LogP contribution in [0.15, 0.2) is 24.3 Å². The predicted molar refractivity (Wildman–Crippen MR) is 69.5 cm³/mol. The van der Waals surface area contributed by atoms with Crippen molar-refractivity contribution in [3.63, 3.8) is 0 Å². The first-order valence-corrected chi connectivity index (χ1v) is 5.81. The van der Waals surface area contributed by atoms with Crippen molar-refractivity contribution in [1.82, 2.24) is 5.32 Å². The lowest BCUT2D eigenvalue weighted by atomic mass is 10.0. The first-order valence-electron chi connectivity index (χ1n) is 5.81. The van der Waals surface area contributed by atoms with Crippen molar-refractivity contribution in [2.24, 2.45) is 11.5 Å². The number of carbonyl (C=O) groups excluding carboxylic acids is 2. The number of primary amides is 1. The van der Waals surface area contributed by atoms with Gasteiger partial charge in [-0.1, -0.05) is 29.8 Å². The molecule has 0 spiro atoms. The Hall–Kier alpha value is -1.88. The molecule has 1 rings (SSSR count). The van der Waals surface area contributed by atoms with E-state index < -0.39 is 11.9 Å². The Morgan fingerprint density at radius 1 is 1.28 bits per heavy atom. The van der Waals surface area contributed by atoms with Crippen molar-refractivity contribution in [1.29, 1.82) is 0 Å². The molecule has 5 nitrogen and oxygen atoms in total. The third-order valence-electron chi connectivity index (χ3n) is 2.61. The van der Waals surface area contributed by atoms with Crippen LogP contribution < -0.4 is 16.8 Å². The van der Waals surface area contributed by atoms with Gasteiger partial charge in [-0.3, -0.25) is 9.59 Å². The number of rotatable bonds is 5. The summed E-state index contributed by atoms with van der Waals surface area (Å²) in [6.45, 7) is 3.68. The van der Waals surface area contributed by atoms with E-state index in [1.54, 1.807) is 6.92 Å². The van der Waals surface area contributed by atoms with Crippen LogP contribution in [0.4, 0.5) is 0 Å². The monoisotopic (exact) mass is 249 g/mol. The Morgan fingerprint density at radius 3 is 2.33 bits per heavy atom. The lowest BCUT2D eigenvalue weighted by Crippen LogP contribution is -2.41. The van der Waals surface area contributed by atoms with Crippen LogP contribution >= 0.6 is 0 Å². The minimum Gasteiger partial charge on any atom is -0.370 e. The standard InChI is InChI=1S/C13H19N3O2/c1-8-3-5-10(6-4-8)12(15)13(18)16-9(2)7-11(14)17/h3-6,9,12H,7,15H2,1-2H3,(H2,14,17)(H,16,18). The largest absolute Gasteiger partial charge is 0.370 e. The molecule has 1 aromatic carbocycles. The van der Waals surface area contributed by atoms with Crippen molar-refractivity contribution < 1.29 is 9.59 Å². The predicted octanol–water partition coefficient (Wildman–Crippen LogP) is 0.375. The van der Waals surface area contributed by atoms with Crippen LogP contribution in [0.25, 0.3) is 0 Å². The third-order valence-corrected chi connectivity index (χ3v) is 2.61. The molecule has 0 heterocycles. The number of hydrogen-bond acceptors (Lipinski definition) is 3. The second kappa shape index (κ2) is 6.16. The Bertz CT molecular complexity index is 428. The van der Waals surface area contributed by atoms with Crippen LogP contribution in [0.2, 0.25) is 0 Å². The highest BCUT2D eigenvalue weighted by atomic mass is 16.2. The summed E-state index contributed by atoms with van der Waals surface area (Å²) in [7, 11) is 0. The second-order valence-corrected chi connectivity index (χ2v) is 4.47. The van der Waals surface area contributed by atoms with E-state index in [2.05, 4.69) is 5.32 Å². The van der Waals surface area contributed by atoms with Gasteiger partial charge in [0.25, 0.3) is 0 Å². The van der Waals surface area contributed by atoms with Crippen LogP contribution in [-0.2, 0) is 9.59 Å². The fourth-order valence-corrected chi connectivity index (χ4v) is 1.61. The first kappa shape index (κ1) is 14.2. The number of carbonyl (C=O) groups is 2. The molecule has 5 N–H and O–H groups in total. The molecule has 2 amide bonds. The van der Waals surface area contributed by atoms with Gasteiger partial charge in [-0.05, 0) is 19.4 Å². The highest BCUT2D eigenvalue weighted by Crippen LogP contribution is 2.11. The highest BCUT2D eigenvalue weighted by Gasteiger charge is 2.18. The van der Waals surface area contributed by atoms with E-state index >= 15 is 0 Å². The normalized spacial score (nSPS) is 13.7. The number of hydrogen-bond donors (Lipinski definition) is 3. The van der Waals surface area contributed by atoms with Crippen molar-refractivity contribution in [2.75, 3.05) is 0 Å². The Labute approximate surface area is 107 Å². The van der Waals surface area contributed by atoms with Crippen molar-refractivity contribution in [3.05, 3.63) is 35.4 Å². The average Bonchev–Trinajstić information content (AvgIpc) is 2.27. The van der Waals surface area contributed by atoms with Crippen molar-refractivity contribution in [2.45, 2.75) is 32.4 Å². The van der Waals surface area contributed by atoms with Crippen LogP contribution in [0, 0.1) is 6.92 Å². The lowest BCUT2D eigenvalue weighted by Gasteiger charge is -2.16. The Kier molecular flexibility index (Phi) is 4.85. The van der Waals surface area contributed by atoms with E-state index in [1.165, 1.54) is 0 Å². The zero-order valence-electron chi connectivity index (χ0n) is 10.6. The molecule has 0 aliphatic rings. The van der Waals surface area contributed by atoms with E-state index in [4.69, 9.17) is 11.5 Å². The minimum absolute atomic E-state index is 0.104. The molecule has 0 aliphatic carbocycles. The molecule has 0 saturated carbocycles. The van der Waals surface area contributed by atoms with Crippen molar-refractivity contribution >= 4 is 11.8 Å². The van der Waals surface area contributed by atoms with Crippen LogP contribution in [-0.4, -0.2) is 17.9 Å². The summed E-state index contributed by atoms with van der Waals surface area (Å²) in [6, 6.07) is 6.38. The molecular formula is C13H19N3O2. The number of nitrogens with one attached hydrogen (secondary N) is 1. The average molecular weight is 249 g/mol. The SMILES string of the molecule is Cc1ccc(C(N)C(=O)NC(C)CC(N)=O)cc1. The van der Waals surface area contributed by atoms with Crippen LogP contribution in [0.5, 0.6) is 0 Å². The van der Waals surface area contributed by atoms with E-state index in [9.17, 15) is 9.59 Å². The molecule has 2 unspecified atom stereocenters. The highest BCUT2D eigenvalue weighted by molar-refractivity contribution is 5.84. The fourth-order valence-electron chi connectivity index (χ4n) is 1.61. The van der Waals surface area contributed by atoms with Gasteiger partial charge in [0.2, 0.25) is 11.8 Å². The molecule has 18 heavy (non-hydrogen) atoms. The molecule has 5 heteroatoms. The van der Waals surface area contributed by atoms with E-state index in [1.807, 2.05) is 31.2 Å². The molecular weight excluding hydrogens is 230 g/mol. The Balaban J connectivity index is 2.61. The van der Waals surface area contributed by atoms with Crippen LogP contribution in [0.1, 0.15) is 30.5 Å². The summed E-state index contributed by atoms with van der Waals surface area (Å²) < 4.78 is 0. The van der Waals surface area contributed by atoms with Gasteiger partial charge in [-0.15, -0.1) is 0 Å². The van der Waals surface area contributed by atoms with Gasteiger partial charge < -0.3 is 16.8 Å². The quantitative estimate of drug-likeness (QED) is 0.703. The molecule has 2 atom stereocenters. The zero-order chi connectivity index (χ0) is 13.7. The Morgan fingerprint density at radius 2 is 1.83 bits per heavy atom. The molecule has 0 bridgehead atoms. The summed E-state index contributed by atoms with van der Waals surface area (Å²) in [5.74, 6) is -0.765. The summed E-state index contributed by atoms with van der Waals surface area (Å²) in [5, 5.41) is 2.66. The van der Waals surface area contributed by atoms with Crippen molar-refractivity contribution in [3.8, 4) is 0 Å². The second-order valence-electron chi connectivity index (χ2n) is 4.47. The topological polar surface area (TPSA) is 98.2 Å².